The van der Waals surface area contributed by atoms with E-state index in [2.05, 4.69) is 24.2 Å². The first-order chi connectivity index (χ1) is 9.52. The summed E-state index contributed by atoms with van der Waals surface area (Å²) in [6, 6.07) is 1.68. The Balaban J connectivity index is 1.68. The van der Waals surface area contributed by atoms with E-state index in [1.807, 2.05) is 0 Å². The number of hydrogen-bond donors (Lipinski definition) is 2. The Morgan fingerprint density at radius 1 is 1.30 bits per heavy atom. The first-order valence-corrected chi connectivity index (χ1v) is 8.31. The standard InChI is InChI=1S/C16H29N3O/c1-11(12-5-6-12)19(2)14-4-3-9-16(10-14,15(17)20)18-13-7-8-13/h11-14,18H,3-10H2,1-2H3,(H2,17,20). The summed E-state index contributed by atoms with van der Waals surface area (Å²) in [5, 5.41) is 3.57. The summed E-state index contributed by atoms with van der Waals surface area (Å²) in [4.78, 5) is 14.6. The van der Waals surface area contributed by atoms with Crippen LogP contribution in [0.2, 0.25) is 0 Å². The molecule has 20 heavy (non-hydrogen) atoms. The molecule has 3 rings (SSSR count). The lowest BCUT2D eigenvalue weighted by Gasteiger charge is -2.44. The van der Waals surface area contributed by atoms with Gasteiger partial charge in [0.1, 0.15) is 0 Å². The van der Waals surface area contributed by atoms with E-state index < -0.39 is 5.54 Å². The van der Waals surface area contributed by atoms with Crippen LogP contribution in [0.1, 0.15) is 58.3 Å². The predicted octanol–water partition coefficient (Wildman–Crippen LogP) is 1.64. The fourth-order valence-electron chi connectivity index (χ4n) is 3.88. The molecule has 3 fully saturated rings. The van der Waals surface area contributed by atoms with E-state index in [1.54, 1.807) is 0 Å². The number of nitrogens with zero attached hydrogens (tertiary/aromatic N) is 1. The molecule has 0 saturated heterocycles. The Kier molecular flexibility index (Phi) is 3.80. The molecule has 4 nitrogen and oxygen atoms in total. The first-order valence-electron chi connectivity index (χ1n) is 8.31. The minimum absolute atomic E-state index is 0.137. The number of nitrogens with one attached hydrogen (secondary N) is 1. The Hall–Kier alpha value is -0.610. The molecule has 0 radical (unpaired) electrons. The van der Waals surface area contributed by atoms with Gasteiger partial charge in [-0.1, -0.05) is 0 Å². The van der Waals surface area contributed by atoms with Crippen molar-refractivity contribution in [3.05, 3.63) is 0 Å². The Morgan fingerprint density at radius 3 is 2.55 bits per heavy atom. The topological polar surface area (TPSA) is 58.4 Å². The molecule has 4 heteroatoms. The van der Waals surface area contributed by atoms with Gasteiger partial charge in [0, 0.05) is 18.1 Å². The first kappa shape index (κ1) is 14.3. The van der Waals surface area contributed by atoms with E-state index in [0.29, 0.717) is 18.1 Å². The van der Waals surface area contributed by atoms with E-state index >= 15 is 0 Å². The van der Waals surface area contributed by atoms with Crippen molar-refractivity contribution in [2.75, 3.05) is 7.05 Å². The molecule has 0 heterocycles. The van der Waals surface area contributed by atoms with Crippen molar-refractivity contribution < 1.29 is 4.79 Å². The van der Waals surface area contributed by atoms with Crippen molar-refractivity contribution in [3.8, 4) is 0 Å². The number of amides is 1. The van der Waals surface area contributed by atoms with Crippen molar-refractivity contribution in [2.45, 2.75) is 82.0 Å². The number of carbonyl (C=O) groups is 1. The molecule has 3 aliphatic rings. The molecule has 3 saturated carbocycles. The van der Waals surface area contributed by atoms with Gasteiger partial charge in [-0.2, -0.15) is 0 Å². The van der Waals surface area contributed by atoms with Crippen LogP contribution in [0.3, 0.4) is 0 Å². The van der Waals surface area contributed by atoms with Gasteiger partial charge in [0.15, 0.2) is 0 Å². The molecular formula is C16H29N3O. The minimum atomic E-state index is -0.443. The van der Waals surface area contributed by atoms with Crippen LogP contribution >= 0.6 is 0 Å². The third-order valence-corrected chi connectivity index (χ3v) is 5.78. The quantitative estimate of drug-likeness (QED) is 0.777. The van der Waals surface area contributed by atoms with Crippen LogP contribution in [-0.4, -0.2) is 41.5 Å². The Bertz CT molecular complexity index is 378. The van der Waals surface area contributed by atoms with Crippen LogP contribution in [0.25, 0.3) is 0 Å². The summed E-state index contributed by atoms with van der Waals surface area (Å²) in [7, 11) is 2.24. The second kappa shape index (κ2) is 5.30. The maximum atomic E-state index is 12.1. The summed E-state index contributed by atoms with van der Waals surface area (Å²) in [6.07, 6.45) is 9.28. The molecule has 3 N–H and O–H groups in total. The highest BCUT2D eigenvalue weighted by atomic mass is 16.1. The van der Waals surface area contributed by atoms with Crippen LogP contribution in [0.5, 0.6) is 0 Å². The zero-order chi connectivity index (χ0) is 14.3. The predicted molar refractivity (Wildman–Crippen MR) is 80.3 cm³/mol. The second-order valence-corrected chi connectivity index (χ2v) is 7.36. The van der Waals surface area contributed by atoms with Gasteiger partial charge in [-0.05, 0) is 71.3 Å². The molecule has 0 aliphatic heterocycles. The molecule has 0 aromatic rings. The zero-order valence-electron chi connectivity index (χ0n) is 12.9. The van der Waals surface area contributed by atoms with Gasteiger partial charge in [-0.3, -0.25) is 4.79 Å². The monoisotopic (exact) mass is 279 g/mol. The van der Waals surface area contributed by atoms with Crippen molar-refractivity contribution in [1.82, 2.24) is 10.2 Å². The molecule has 0 aromatic heterocycles. The Morgan fingerprint density at radius 2 is 2.00 bits per heavy atom. The largest absolute Gasteiger partial charge is 0.368 e. The molecule has 3 atom stereocenters. The highest BCUT2D eigenvalue weighted by Gasteiger charge is 2.46. The average molecular weight is 279 g/mol. The number of primary amides is 1. The van der Waals surface area contributed by atoms with Crippen molar-refractivity contribution >= 4 is 5.91 Å². The van der Waals surface area contributed by atoms with E-state index in [-0.39, 0.29) is 5.91 Å². The van der Waals surface area contributed by atoms with Crippen LogP contribution in [-0.2, 0) is 4.79 Å². The molecule has 3 unspecified atom stereocenters. The molecule has 0 spiro atoms. The Labute approximate surface area is 122 Å². The lowest BCUT2D eigenvalue weighted by atomic mass is 9.77. The van der Waals surface area contributed by atoms with Gasteiger partial charge in [0.05, 0.1) is 5.54 Å². The zero-order valence-corrected chi connectivity index (χ0v) is 12.9. The average Bonchev–Trinajstić information content (AvgIpc) is 3.30. The van der Waals surface area contributed by atoms with Gasteiger partial charge in [-0.25, -0.2) is 0 Å². The molecule has 3 aliphatic carbocycles. The van der Waals surface area contributed by atoms with Gasteiger partial charge in [0.25, 0.3) is 0 Å². The summed E-state index contributed by atoms with van der Waals surface area (Å²) < 4.78 is 0. The van der Waals surface area contributed by atoms with Crippen LogP contribution < -0.4 is 11.1 Å². The number of carbonyl (C=O) groups excluding carboxylic acids is 1. The number of rotatable bonds is 6. The smallest absolute Gasteiger partial charge is 0.237 e. The SMILES string of the molecule is CC(C1CC1)N(C)C1CCCC(NC2CC2)(C(N)=O)C1. The second-order valence-electron chi connectivity index (χ2n) is 7.36. The van der Waals surface area contributed by atoms with Crippen molar-refractivity contribution in [1.29, 1.82) is 0 Å². The summed E-state index contributed by atoms with van der Waals surface area (Å²) in [6.45, 7) is 2.34. The fourth-order valence-corrected chi connectivity index (χ4v) is 3.88. The fraction of sp³-hybridized carbons (Fsp3) is 0.938. The van der Waals surface area contributed by atoms with E-state index in [0.717, 1.165) is 25.2 Å². The van der Waals surface area contributed by atoms with Crippen LogP contribution in [0.4, 0.5) is 0 Å². The molecule has 1 amide bonds. The number of nitrogens with two attached hydrogens (primary N) is 1. The van der Waals surface area contributed by atoms with Crippen molar-refractivity contribution in [3.63, 3.8) is 0 Å². The van der Waals surface area contributed by atoms with Crippen molar-refractivity contribution in [2.24, 2.45) is 11.7 Å². The molecule has 0 aromatic carbocycles. The third-order valence-electron chi connectivity index (χ3n) is 5.78. The third kappa shape index (κ3) is 2.86. The minimum Gasteiger partial charge on any atom is -0.368 e. The van der Waals surface area contributed by atoms with Crippen LogP contribution in [0.15, 0.2) is 0 Å². The summed E-state index contributed by atoms with van der Waals surface area (Å²) >= 11 is 0. The number of hydrogen-bond acceptors (Lipinski definition) is 3. The van der Waals surface area contributed by atoms with Gasteiger partial charge in [0.2, 0.25) is 5.91 Å². The lowest BCUT2D eigenvalue weighted by molar-refractivity contribution is -0.127. The van der Waals surface area contributed by atoms with E-state index in [9.17, 15) is 4.79 Å². The summed E-state index contributed by atoms with van der Waals surface area (Å²) in [5.41, 5.74) is 5.33. The maximum Gasteiger partial charge on any atom is 0.237 e. The molecule has 114 valence electrons. The lowest BCUT2D eigenvalue weighted by Crippen LogP contribution is -2.61. The highest BCUT2D eigenvalue weighted by Crippen LogP contribution is 2.39. The van der Waals surface area contributed by atoms with Gasteiger partial charge < -0.3 is 16.0 Å². The van der Waals surface area contributed by atoms with Gasteiger partial charge in [-0.15, -0.1) is 0 Å². The molecular weight excluding hydrogens is 250 g/mol. The summed E-state index contributed by atoms with van der Waals surface area (Å²) in [5.74, 6) is 0.739. The van der Waals surface area contributed by atoms with Gasteiger partial charge >= 0.3 is 0 Å². The maximum absolute atomic E-state index is 12.1. The highest BCUT2D eigenvalue weighted by molar-refractivity contribution is 5.85. The molecule has 0 bridgehead atoms. The normalized spacial score (nSPS) is 36.0. The van der Waals surface area contributed by atoms with E-state index in [1.165, 1.54) is 32.1 Å². The van der Waals surface area contributed by atoms with E-state index in [4.69, 9.17) is 5.73 Å². The van der Waals surface area contributed by atoms with Crippen LogP contribution in [0, 0.1) is 5.92 Å².